The second-order valence-corrected chi connectivity index (χ2v) is 4.50. The van der Waals surface area contributed by atoms with Crippen LogP contribution in [0.4, 0.5) is 0 Å². The number of hydrogen-bond acceptors (Lipinski definition) is 4. The van der Waals surface area contributed by atoms with Crippen molar-refractivity contribution in [3.8, 4) is 11.4 Å². The molecular weight excluding hydrogens is 252 g/mol. The molecule has 0 aromatic carbocycles. The van der Waals surface area contributed by atoms with Gasteiger partial charge in [0.1, 0.15) is 5.15 Å². The molecule has 0 N–H and O–H groups in total. The van der Waals surface area contributed by atoms with Gasteiger partial charge in [0.05, 0.1) is 23.6 Å². The average molecular weight is 267 g/mol. The Kier molecular flexibility index (Phi) is 3.63. The number of hydrogen-bond donors (Lipinski definition) is 0. The third-order valence-corrected chi connectivity index (χ3v) is 2.97. The lowest BCUT2D eigenvalue weighted by Gasteiger charge is -2.05. The van der Waals surface area contributed by atoms with Gasteiger partial charge in [-0.05, 0) is 19.9 Å². The van der Waals surface area contributed by atoms with Crippen LogP contribution in [0, 0.1) is 13.8 Å². The highest BCUT2D eigenvalue weighted by Crippen LogP contribution is 2.24. The van der Waals surface area contributed by atoms with Crippen LogP contribution in [0.1, 0.15) is 17.1 Å². The topological polar surface area (TPSA) is 52.8 Å². The van der Waals surface area contributed by atoms with Crippen LogP contribution < -0.4 is 0 Å². The maximum atomic E-state index is 6.01. The molecule has 0 bridgehead atoms. The van der Waals surface area contributed by atoms with Gasteiger partial charge in [-0.15, -0.1) is 0 Å². The molecular formula is C12H15ClN4O. The van der Waals surface area contributed by atoms with Crippen LogP contribution in [0.15, 0.2) is 6.07 Å². The molecule has 2 rings (SSSR count). The van der Waals surface area contributed by atoms with E-state index in [0.29, 0.717) is 17.6 Å². The van der Waals surface area contributed by atoms with Gasteiger partial charge in [-0.3, -0.25) is 4.68 Å². The Bertz CT molecular complexity index is 580. The van der Waals surface area contributed by atoms with Gasteiger partial charge >= 0.3 is 0 Å². The first kappa shape index (κ1) is 13.0. The number of halogens is 1. The van der Waals surface area contributed by atoms with Crippen LogP contribution in [0.25, 0.3) is 11.4 Å². The highest BCUT2D eigenvalue weighted by molar-refractivity contribution is 6.29. The van der Waals surface area contributed by atoms with Crippen LogP contribution in [-0.2, 0) is 18.4 Å². The molecule has 0 fully saturated rings. The summed E-state index contributed by atoms with van der Waals surface area (Å²) in [5.74, 6) is 0.595. The van der Waals surface area contributed by atoms with E-state index in [1.165, 1.54) is 0 Å². The number of nitrogens with zero attached hydrogens (tertiary/aromatic N) is 4. The Labute approximate surface area is 111 Å². The SMILES string of the molecule is COCc1cc(Cl)nc(-c2c(C)nn(C)c2C)n1. The van der Waals surface area contributed by atoms with E-state index in [1.807, 2.05) is 25.6 Å². The summed E-state index contributed by atoms with van der Waals surface area (Å²) in [4.78, 5) is 8.72. The molecule has 0 saturated heterocycles. The van der Waals surface area contributed by atoms with E-state index < -0.39 is 0 Å². The van der Waals surface area contributed by atoms with Crippen LogP contribution in [0.2, 0.25) is 5.15 Å². The van der Waals surface area contributed by atoms with Gasteiger partial charge in [-0.2, -0.15) is 5.10 Å². The molecule has 0 unspecified atom stereocenters. The fraction of sp³-hybridized carbons (Fsp3) is 0.417. The summed E-state index contributed by atoms with van der Waals surface area (Å²) in [5, 5.41) is 4.77. The highest BCUT2D eigenvalue weighted by Gasteiger charge is 2.15. The molecule has 0 atom stereocenters. The first-order valence-electron chi connectivity index (χ1n) is 5.56. The van der Waals surface area contributed by atoms with E-state index >= 15 is 0 Å². The Morgan fingerprint density at radius 1 is 1.33 bits per heavy atom. The van der Waals surface area contributed by atoms with E-state index in [0.717, 1.165) is 22.6 Å². The van der Waals surface area contributed by atoms with Crippen LogP contribution in [-0.4, -0.2) is 26.9 Å². The van der Waals surface area contributed by atoms with E-state index in [9.17, 15) is 0 Å². The molecule has 96 valence electrons. The summed E-state index contributed by atoms with van der Waals surface area (Å²) in [7, 11) is 3.52. The zero-order chi connectivity index (χ0) is 13.3. The maximum absolute atomic E-state index is 6.01. The number of aromatic nitrogens is 4. The van der Waals surface area contributed by atoms with Gasteiger partial charge in [-0.25, -0.2) is 9.97 Å². The van der Waals surface area contributed by atoms with Crippen LogP contribution in [0.5, 0.6) is 0 Å². The quantitative estimate of drug-likeness (QED) is 0.800. The number of ether oxygens (including phenoxy) is 1. The summed E-state index contributed by atoms with van der Waals surface area (Å²) in [6, 6.07) is 1.70. The third kappa shape index (κ3) is 2.37. The average Bonchev–Trinajstić information content (AvgIpc) is 2.52. The second kappa shape index (κ2) is 5.04. The van der Waals surface area contributed by atoms with Crippen LogP contribution >= 0.6 is 11.6 Å². The summed E-state index contributed by atoms with van der Waals surface area (Å²) in [6.07, 6.45) is 0. The third-order valence-electron chi connectivity index (χ3n) is 2.77. The molecule has 5 nitrogen and oxygen atoms in total. The minimum Gasteiger partial charge on any atom is -0.378 e. The van der Waals surface area contributed by atoms with Crippen LogP contribution in [0.3, 0.4) is 0 Å². The predicted octanol–water partition coefficient (Wildman–Crippen LogP) is 2.29. The number of aryl methyl sites for hydroxylation is 2. The van der Waals surface area contributed by atoms with Crippen molar-refractivity contribution < 1.29 is 4.74 Å². The molecule has 0 aliphatic carbocycles. The van der Waals surface area contributed by atoms with E-state index in [4.69, 9.17) is 16.3 Å². The van der Waals surface area contributed by atoms with Gasteiger partial charge < -0.3 is 4.74 Å². The Hall–Kier alpha value is -1.46. The molecule has 6 heteroatoms. The molecule has 2 aromatic rings. The lowest BCUT2D eigenvalue weighted by molar-refractivity contribution is 0.181. The van der Waals surface area contributed by atoms with Gasteiger partial charge in [0, 0.05) is 19.9 Å². The highest BCUT2D eigenvalue weighted by atomic mass is 35.5. The largest absolute Gasteiger partial charge is 0.378 e. The zero-order valence-corrected chi connectivity index (χ0v) is 11.6. The molecule has 0 aliphatic heterocycles. The number of rotatable bonds is 3. The molecule has 18 heavy (non-hydrogen) atoms. The molecule has 2 heterocycles. The molecule has 2 aromatic heterocycles. The smallest absolute Gasteiger partial charge is 0.164 e. The summed E-state index contributed by atoms with van der Waals surface area (Å²) >= 11 is 6.01. The summed E-state index contributed by atoms with van der Waals surface area (Å²) in [6.45, 7) is 4.33. The van der Waals surface area contributed by atoms with Gasteiger partial charge in [0.15, 0.2) is 5.82 Å². The van der Waals surface area contributed by atoms with E-state index in [-0.39, 0.29) is 0 Å². The minimum atomic E-state index is 0.410. The van der Waals surface area contributed by atoms with Crippen molar-refractivity contribution in [2.24, 2.45) is 7.05 Å². The molecule has 0 aliphatic rings. The van der Waals surface area contributed by atoms with E-state index in [2.05, 4.69) is 15.1 Å². The van der Waals surface area contributed by atoms with Crippen molar-refractivity contribution >= 4 is 11.6 Å². The van der Waals surface area contributed by atoms with Crippen molar-refractivity contribution in [3.63, 3.8) is 0 Å². The normalized spacial score (nSPS) is 10.9. The molecule has 0 amide bonds. The lowest BCUT2D eigenvalue weighted by atomic mass is 10.2. The molecule has 0 radical (unpaired) electrons. The van der Waals surface area contributed by atoms with Gasteiger partial charge in [-0.1, -0.05) is 11.6 Å². The van der Waals surface area contributed by atoms with Gasteiger partial charge in [0.2, 0.25) is 0 Å². The van der Waals surface area contributed by atoms with Gasteiger partial charge in [0.25, 0.3) is 0 Å². The zero-order valence-electron chi connectivity index (χ0n) is 10.9. The Morgan fingerprint density at radius 3 is 2.61 bits per heavy atom. The predicted molar refractivity (Wildman–Crippen MR) is 69.4 cm³/mol. The Balaban J connectivity index is 2.56. The van der Waals surface area contributed by atoms with Crippen molar-refractivity contribution in [1.82, 2.24) is 19.7 Å². The first-order valence-corrected chi connectivity index (χ1v) is 5.93. The molecule has 0 spiro atoms. The van der Waals surface area contributed by atoms with Crippen molar-refractivity contribution in [1.29, 1.82) is 0 Å². The molecule has 0 saturated carbocycles. The fourth-order valence-electron chi connectivity index (χ4n) is 1.90. The van der Waals surface area contributed by atoms with E-state index in [1.54, 1.807) is 13.2 Å². The number of methoxy groups -OCH3 is 1. The van der Waals surface area contributed by atoms with Crippen molar-refractivity contribution in [2.45, 2.75) is 20.5 Å². The fourth-order valence-corrected chi connectivity index (χ4v) is 2.10. The van der Waals surface area contributed by atoms with Crippen molar-refractivity contribution in [2.75, 3.05) is 7.11 Å². The summed E-state index contributed by atoms with van der Waals surface area (Å²) in [5.41, 5.74) is 3.59. The maximum Gasteiger partial charge on any atom is 0.164 e. The van der Waals surface area contributed by atoms with Crippen molar-refractivity contribution in [3.05, 3.63) is 28.3 Å². The second-order valence-electron chi connectivity index (χ2n) is 4.11. The Morgan fingerprint density at radius 2 is 2.06 bits per heavy atom. The first-order chi connectivity index (χ1) is 8.52. The monoisotopic (exact) mass is 266 g/mol. The minimum absolute atomic E-state index is 0.410. The summed E-state index contributed by atoms with van der Waals surface area (Å²) < 4.78 is 6.88. The standard InChI is InChI=1S/C12H15ClN4O/c1-7-11(8(2)17(3)16-7)12-14-9(6-18-4)5-10(13)15-12/h5H,6H2,1-4H3. The lowest BCUT2D eigenvalue weighted by Crippen LogP contribution is -1.99.